The summed E-state index contributed by atoms with van der Waals surface area (Å²) < 4.78 is 65.2. The van der Waals surface area contributed by atoms with Crippen molar-refractivity contribution in [2.24, 2.45) is 5.92 Å². The van der Waals surface area contributed by atoms with E-state index in [4.69, 9.17) is 0 Å². The molecule has 1 fully saturated rings. The second kappa shape index (κ2) is 9.90. The summed E-state index contributed by atoms with van der Waals surface area (Å²) in [4.78, 5) is 14.1. The number of likely N-dealkylation sites (N-methyl/N-ethyl adjacent to an activating group) is 1. The van der Waals surface area contributed by atoms with E-state index in [0.717, 1.165) is 42.1 Å². The number of carbonyl (C=O) groups is 1. The Kier molecular flexibility index (Phi) is 8.07. The summed E-state index contributed by atoms with van der Waals surface area (Å²) in [5.74, 6) is -0.395. The summed E-state index contributed by atoms with van der Waals surface area (Å²) in [6.07, 6.45) is -3.92. The van der Waals surface area contributed by atoms with Crippen LogP contribution in [0.2, 0.25) is 0 Å². The van der Waals surface area contributed by atoms with E-state index in [1.165, 1.54) is 0 Å². The summed E-state index contributed by atoms with van der Waals surface area (Å²) >= 11 is 0. The van der Waals surface area contributed by atoms with E-state index in [1.807, 2.05) is 13.8 Å². The van der Waals surface area contributed by atoms with Gasteiger partial charge in [0.1, 0.15) is 0 Å². The molecule has 29 heavy (non-hydrogen) atoms. The number of alkyl halides is 3. The van der Waals surface area contributed by atoms with Gasteiger partial charge >= 0.3 is 6.18 Å². The minimum Gasteiger partial charge on any atom is -0.355 e. The molecule has 10 heteroatoms. The lowest BCUT2D eigenvalue weighted by Crippen LogP contribution is -2.44. The fourth-order valence-electron chi connectivity index (χ4n) is 3.36. The Balaban J connectivity index is 1.93. The van der Waals surface area contributed by atoms with Gasteiger partial charge < -0.3 is 10.2 Å². The topological polar surface area (TPSA) is 69.7 Å². The van der Waals surface area contributed by atoms with Crippen LogP contribution >= 0.6 is 0 Å². The maximum absolute atomic E-state index is 12.9. The Hall–Kier alpha value is -1.65. The molecule has 1 N–H and O–H groups in total. The summed E-state index contributed by atoms with van der Waals surface area (Å²) in [5.41, 5.74) is -0.999. The molecule has 0 aromatic heterocycles. The minimum atomic E-state index is -4.61. The Morgan fingerprint density at radius 2 is 1.83 bits per heavy atom. The molecule has 0 saturated carbocycles. The summed E-state index contributed by atoms with van der Waals surface area (Å²) in [7, 11) is -4.03. The van der Waals surface area contributed by atoms with Gasteiger partial charge in [0, 0.05) is 32.1 Å². The lowest BCUT2D eigenvalue weighted by Gasteiger charge is -2.31. The fraction of sp³-hybridized carbons (Fsp3) is 0.632. The molecule has 164 valence electrons. The highest BCUT2D eigenvalue weighted by Gasteiger charge is 2.35. The molecule has 6 nitrogen and oxygen atoms in total. The number of nitrogens with zero attached hydrogens (tertiary/aromatic N) is 2. The molecule has 1 aromatic carbocycles. The van der Waals surface area contributed by atoms with Crippen molar-refractivity contribution in [1.82, 2.24) is 14.5 Å². The summed E-state index contributed by atoms with van der Waals surface area (Å²) in [6.45, 7) is 7.39. The maximum Gasteiger partial charge on any atom is 0.416 e. The van der Waals surface area contributed by atoms with Crippen molar-refractivity contribution in [3.05, 3.63) is 29.8 Å². The zero-order valence-corrected chi connectivity index (χ0v) is 17.5. The van der Waals surface area contributed by atoms with E-state index in [1.54, 1.807) is 0 Å². The monoisotopic (exact) mass is 435 g/mol. The van der Waals surface area contributed by atoms with Gasteiger partial charge in [-0.3, -0.25) is 4.79 Å². The predicted octanol–water partition coefficient (Wildman–Crippen LogP) is 2.56. The van der Waals surface area contributed by atoms with Gasteiger partial charge in [-0.1, -0.05) is 19.9 Å². The highest BCUT2D eigenvalue weighted by Crippen LogP contribution is 2.32. The number of hydrogen-bond acceptors (Lipinski definition) is 4. The van der Waals surface area contributed by atoms with Crippen LogP contribution in [0.1, 0.15) is 32.3 Å². The van der Waals surface area contributed by atoms with Gasteiger partial charge in [-0.05, 0) is 44.1 Å². The van der Waals surface area contributed by atoms with Crippen molar-refractivity contribution in [1.29, 1.82) is 0 Å². The lowest BCUT2D eigenvalue weighted by molar-refractivity contribution is -0.137. The number of amides is 1. The smallest absolute Gasteiger partial charge is 0.355 e. The Labute approximate surface area is 170 Å². The van der Waals surface area contributed by atoms with Crippen molar-refractivity contribution < 1.29 is 26.4 Å². The van der Waals surface area contributed by atoms with Crippen LogP contribution in [0.25, 0.3) is 0 Å². The van der Waals surface area contributed by atoms with Crippen LogP contribution in [-0.2, 0) is 21.0 Å². The number of piperidine rings is 1. The van der Waals surface area contributed by atoms with E-state index in [0.29, 0.717) is 25.5 Å². The predicted molar refractivity (Wildman–Crippen MR) is 104 cm³/mol. The van der Waals surface area contributed by atoms with Crippen LogP contribution in [0, 0.1) is 5.92 Å². The highest BCUT2D eigenvalue weighted by atomic mass is 32.2. The first kappa shape index (κ1) is 23.6. The number of halogens is 3. The molecule has 1 aromatic rings. The van der Waals surface area contributed by atoms with E-state index in [-0.39, 0.29) is 29.8 Å². The Bertz CT molecular complexity index is 787. The third kappa shape index (κ3) is 6.16. The van der Waals surface area contributed by atoms with Crippen molar-refractivity contribution in [3.63, 3.8) is 0 Å². The second-order valence-electron chi connectivity index (χ2n) is 7.02. The van der Waals surface area contributed by atoms with Gasteiger partial charge in [0.25, 0.3) is 0 Å². The van der Waals surface area contributed by atoms with Crippen molar-refractivity contribution in [3.8, 4) is 0 Å². The highest BCUT2D eigenvalue weighted by molar-refractivity contribution is 7.89. The molecule has 1 aliphatic heterocycles. The number of sulfonamides is 1. The molecule has 2 rings (SSSR count). The number of benzene rings is 1. The minimum absolute atomic E-state index is 0.103. The molecular formula is C19H28F3N3O3S. The summed E-state index contributed by atoms with van der Waals surface area (Å²) in [6, 6.07) is 3.75. The van der Waals surface area contributed by atoms with E-state index in [2.05, 4.69) is 10.2 Å². The first-order chi connectivity index (χ1) is 13.6. The molecule has 1 aliphatic rings. The zero-order chi connectivity index (χ0) is 21.7. The SMILES string of the molecule is CCN(CC)CCNC(=O)C1CCN(S(=O)(=O)c2cccc(C(F)(F)F)c2)CC1. The zero-order valence-electron chi connectivity index (χ0n) is 16.7. The molecule has 1 saturated heterocycles. The average Bonchev–Trinajstić information content (AvgIpc) is 2.70. The van der Waals surface area contributed by atoms with Crippen LogP contribution in [0.15, 0.2) is 29.2 Å². The molecule has 1 heterocycles. The third-order valence-electron chi connectivity index (χ3n) is 5.25. The number of carbonyl (C=O) groups excluding carboxylic acids is 1. The fourth-order valence-corrected chi connectivity index (χ4v) is 4.88. The van der Waals surface area contributed by atoms with Crippen LogP contribution in [0.5, 0.6) is 0 Å². The Morgan fingerprint density at radius 1 is 1.21 bits per heavy atom. The maximum atomic E-state index is 12.9. The standard InChI is InChI=1S/C19H28F3N3O3S/c1-3-24(4-2)13-10-23-18(26)15-8-11-25(12-9-15)29(27,28)17-7-5-6-16(14-17)19(20,21)22/h5-7,14-15H,3-4,8-13H2,1-2H3,(H,23,26). The quantitative estimate of drug-likeness (QED) is 0.682. The molecule has 1 amide bonds. The molecule has 0 spiro atoms. The van der Waals surface area contributed by atoms with Crippen molar-refractivity contribution >= 4 is 15.9 Å². The molecule has 0 bridgehead atoms. The van der Waals surface area contributed by atoms with E-state index >= 15 is 0 Å². The van der Waals surface area contributed by atoms with Gasteiger partial charge in [0.05, 0.1) is 10.5 Å². The van der Waals surface area contributed by atoms with Crippen LogP contribution in [-0.4, -0.2) is 62.8 Å². The van der Waals surface area contributed by atoms with Crippen molar-refractivity contribution in [2.45, 2.75) is 37.8 Å². The van der Waals surface area contributed by atoms with Crippen LogP contribution < -0.4 is 5.32 Å². The first-order valence-electron chi connectivity index (χ1n) is 9.77. The van der Waals surface area contributed by atoms with E-state index < -0.39 is 21.8 Å². The Morgan fingerprint density at radius 3 is 2.38 bits per heavy atom. The van der Waals surface area contributed by atoms with Crippen molar-refractivity contribution in [2.75, 3.05) is 39.3 Å². The average molecular weight is 436 g/mol. The second-order valence-corrected chi connectivity index (χ2v) is 8.96. The third-order valence-corrected chi connectivity index (χ3v) is 7.14. The molecule has 0 radical (unpaired) electrons. The van der Waals surface area contributed by atoms with Crippen LogP contribution in [0.3, 0.4) is 0 Å². The molecule has 0 aliphatic carbocycles. The van der Waals surface area contributed by atoms with E-state index in [9.17, 15) is 26.4 Å². The molecule has 0 atom stereocenters. The molecular weight excluding hydrogens is 407 g/mol. The van der Waals surface area contributed by atoms with Gasteiger partial charge in [-0.15, -0.1) is 0 Å². The summed E-state index contributed by atoms with van der Waals surface area (Å²) in [5, 5.41) is 2.89. The van der Waals surface area contributed by atoms with Gasteiger partial charge in [-0.25, -0.2) is 8.42 Å². The van der Waals surface area contributed by atoms with Gasteiger partial charge in [0.2, 0.25) is 15.9 Å². The largest absolute Gasteiger partial charge is 0.416 e. The number of nitrogens with one attached hydrogen (secondary N) is 1. The number of hydrogen-bond donors (Lipinski definition) is 1. The van der Waals surface area contributed by atoms with Gasteiger partial charge in [0.15, 0.2) is 0 Å². The lowest BCUT2D eigenvalue weighted by atomic mass is 9.97. The normalized spacial score (nSPS) is 16.9. The number of rotatable bonds is 8. The first-order valence-corrected chi connectivity index (χ1v) is 11.2. The van der Waals surface area contributed by atoms with Gasteiger partial charge in [-0.2, -0.15) is 17.5 Å². The van der Waals surface area contributed by atoms with Crippen LogP contribution in [0.4, 0.5) is 13.2 Å². The molecule has 0 unspecified atom stereocenters.